The first-order valence-electron chi connectivity index (χ1n) is 7.23. The number of nitrogens with one attached hydrogen (secondary N) is 1. The van der Waals surface area contributed by atoms with E-state index in [4.69, 9.17) is 0 Å². The first-order chi connectivity index (χ1) is 9.60. The summed E-state index contributed by atoms with van der Waals surface area (Å²) in [6.07, 6.45) is 4.25. The Bertz CT molecular complexity index is 523. The van der Waals surface area contributed by atoms with Gasteiger partial charge in [0.1, 0.15) is 0 Å². The Morgan fingerprint density at radius 3 is 3.05 bits per heavy atom. The highest BCUT2D eigenvalue weighted by Crippen LogP contribution is 2.20. The molecule has 2 rings (SSSR count). The van der Waals surface area contributed by atoms with Crippen molar-refractivity contribution in [3.05, 3.63) is 34.8 Å². The van der Waals surface area contributed by atoms with Crippen LogP contribution in [0.1, 0.15) is 19.8 Å². The average Bonchev–Trinajstić information content (AvgIpc) is 2.41. The SMILES string of the molecule is C=C(CNC)Cn1ncc(N2CCCC(C)C2)cc1=O. The third kappa shape index (κ3) is 3.70. The second-order valence-corrected chi connectivity index (χ2v) is 5.68. The summed E-state index contributed by atoms with van der Waals surface area (Å²) in [6, 6.07) is 1.69. The fourth-order valence-electron chi connectivity index (χ4n) is 2.66. The molecule has 1 aromatic rings. The highest BCUT2D eigenvalue weighted by atomic mass is 16.1. The zero-order chi connectivity index (χ0) is 14.5. The lowest BCUT2D eigenvalue weighted by Gasteiger charge is -2.32. The predicted octanol–water partition coefficient (Wildman–Crippen LogP) is 1.26. The van der Waals surface area contributed by atoms with Crippen molar-refractivity contribution in [2.24, 2.45) is 5.92 Å². The van der Waals surface area contributed by atoms with Gasteiger partial charge in [-0.3, -0.25) is 4.79 Å². The summed E-state index contributed by atoms with van der Waals surface area (Å²) in [6.45, 7) is 9.37. The van der Waals surface area contributed by atoms with Gasteiger partial charge in [0.2, 0.25) is 0 Å². The number of hydrogen-bond donors (Lipinski definition) is 1. The molecule has 1 N–H and O–H groups in total. The van der Waals surface area contributed by atoms with Crippen LogP contribution >= 0.6 is 0 Å². The van der Waals surface area contributed by atoms with Gasteiger partial charge in [-0.15, -0.1) is 0 Å². The van der Waals surface area contributed by atoms with Gasteiger partial charge < -0.3 is 10.2 Å². The fourth-order valence-corrected chi connectivity index (χ4v) is 2.66. The van der Waals surface area contributed by atoms with Crippen LogP contribution in [0.4, 0.5) is 5.69 Å². The first-order valence-corrected chi connectivity index (χ1v) is 7.23. The standard InChI is InChI=1S/C15H24N4O/c1-12-5-4-6-18(10-12)14-7-15(20)19(17-9-14)11-13(2)8-16-3/h7,9,12,16H,2,4-6,8,10-11H2,1,3H3. The predicted molar refractivity (Wildman–Crippen MR) is 82.2 cm³/mol. The quantitative estimate of drug-likeness (QED) is 0.823. The molecule has 1 fully saturated rings. The van der Waals surface area contributed by atoms with Crippen LogP contribution in [0.25, 0.3) is 0 Å². The lowest BCUT2D eigenvalue weighted by atomic mass is 10.00. The second kappa shape index (κ2) is 6.70. The van der Waals surface area contributed by atoms with Crippen LogP contribution in [0.5, 0.6) is 0 Å². The maximum Gasteiger partial charge on any atom is 0.269 e. The maximum absolute atomic E-state index is 12.1. The van der Waals surface area contributed by atoms with Gasteiger partial charge in [-0.2, -0.15) is 5.10 Å². The summed E-state index contributed by atoms with van der Waals surface area (Å²) in [7, 11) is 1.86. The Kier molecular flexibility index (Phi) is 4.95. The van der Waals surface area contributed by atoms with Crippen LogP contribution in [0, 0.1) is 5.92 Å². The second-order valence-electron chi connectivity index (χ2n) is 5.68. The van der Waals surface area contributed by atoms with Gasteiger partial charge in [0, 0.05) is 25.7 Å². The molecule has 2 heterocycles. The highest BCUT2D eigenvalue weighted by molar-refractivity contribution is 5.43. The average molecular weight is 276 g/mol. The van der Waals surface area contributed by atoms with Crippen LogP contribution in [0.3, 0.4) is 0 Å². The van der Waals surface area contributed by atoms with Crippen molar-refractivity contribution in [1.82, 2.24) is 15.1 Å². The number of hydrogen-bond acceptors (Lipinski definition) is 4. The minimum absolute atomic E-state index is 0.0574. The Morgan fingerprint density at radius 1 is 1.60 bits per heavy atom. The highest BCUT2D eigenvalue weighted by Gasteiger charge is 2.17. The van der Waals surface area contributed by atoms with Gasteiger partial charge in [0.25, 0.3) is 5.56 Å². The Morgan fingerprint density at radius 2 is 2.40 bits per heavy atom. The molecule has 0 spiro atoms. The van der Waals surface area contributed by atoms with E-state index in [1.807, 2.05) is 7.05 Å². The number of nitrogens with zero attached hydrogens (tertiary/aromatic N) is 3. The maximum atomic E-state index is 12.1. The summed E-state index contributed by atoms with van der Waals surface area (Å²) in [5.41, 5.74) is 1.83. The molecule has 0 aliphatic carbocycles. The summed E-state index contributed by atoms with van der Waals surface area (Å²) >= 11 is 0. The monoisotopic (exact) mass is 276 g/mol. The number of aromatic nitrogens is 2. The molecule has 5 heteroatoms. The van der Waals surface area contributed by atoms with E-state index in [9.17, 15) is 4.79 Å². The molecule has 1 aromatic heterocycles. The van der Waals surface area contributed by atoms with E-state index in [1.54, 1.807) is 12.3 Å². The Hall–Kier alpha value is -1.62. The van der Waals surface area contributed by atoms with Gasteiger partial charge in [-0.1, -0.05) is 13.5 Å². The molecular weight excluding hydrogens is 252 g/mol. The van der Waals surface area contributed by atoms with E-state index in [1.165, 1.54) is 17.5 Å². The molecule has 1 saturated heterocycles. The molecule has 5 nitrogen and oxygen atoms in total. The van der Waals surface area contributed by atoms with Crippen LogP contribution in [-0.2, 0) is 6.54 Å². The fraction of sp³-hybridized carbons (Fsp3) is 0.600. The molecule has 1 aliphatic heterocycles. The van der Waals surface area contributed by atoms with Gasteiger partial charge in [-0.25, -0.2) is 4.68 Å². The normalized spacial score (nSPS) is 19.1. The van der Waals surface area contributed by atoms with Crippen LogP contribution in [0.15, 0.2) is 29.2 Å². The molecule has 1 unspecified atom stereocenters. The summed E-state index contributed by atoms with van der Waals surface area (Å²) in [4.78, 5) is 14.4. The van der Waals surface area contributed by atoms with E-state index >= 15 is 0 Å². The zero-order valence-corrected chi connectivity index (χ0v) is 12.4. The van der Waals surface area contributed by atoms with Gasteiger partial charge in [-0.05, 0) is 31.4 Å². The molecule has 0 aromatic carbocycles. The van der Waals surface area contributed by atoms with Crippen LogP contribution in [0.2, 0.25) is 0 Å². The topological polar surface area (TPSA) is 50.2 Å². The molecule has 0 amide bonds. The molecule has 20 heavy (non-hydrogen) atoms. The third-order valence-electron chi connectivity index (χ3n) is 3.68. The molecule has 0 radical (unpaired) electrons. The van der Waals surface area contributed by atoms with Gasteiger partial charge in [0.15, 0.2) is 0 Å². The molecule has 0 bridgehead atoms. The van der Waals surface area contributed by atoms with E-state index in [0.29, 0.717) is 19.0 Å². The van der Waals surface area contributed by atoms with Crippen LogP contribution < -0.4 is 15.8 Å². The van der Waals surface area contributed by atoms with E-state index in [-0.39, 0.29) is 5.56 Å². The first kappa shape index (κ1) is 14.8. The minimum atomic E-state index is -0.0574. The number of piperidine rings is 1. The summed E-state index contributed by atoms with van der Waals surface area (Å²) in [5.74, 6) is 0.682. The van der Waals surface area contributed by atoms with Crippen molar-refractivity contribution < 1.29 is 0 Å². The lowest BCUT2D eigenvalue weighted by Crippen LogP contribution is -2.36. The number of likely N-dealkylation sites (N-methyl/N-ethyl adjacent to an activating group) is 1. The van der Waals surface area contributed by atoms with Crippen LogP contribution in [-0.4, -0.2) is 36.5 Å². The Labute approximate surface area is 120 Å². The van der Waals surface area contributed by atoms with Crippen molar-refractivity contribution in [3.8, 4) is 0 Å². The molecule has 0 saturated carbocycles. The van der Waals surface area contributed by atoms with Crippen molar-refractivity contribution in [2.75, 3.05) is 31.6 Å². The zero-order valence-electron chi connectivity index (χ0n) is 12.4. The van der Waals surface area contributed by atoms with Crippen molar-refractivity contribution in [3.63, 3.8) is 0 Å². The minimum Gasteiger partial charge on any atom is -0.370 e. The summed E-state index contributed by atoms with van der Waals surface area (Å²) < 4.78 is 1.47. The molecule has 1 atom stereocenters. The number of anilines is 1. The van der Waals surface area contributed by atoms with Crippen molar-refractivity contribution in [2.45, 2.75) is 26.3 Å². The summed E-state index contributed by atoms with van der Waals surface area (Å²) in [5, 5.41) is 7.30. The van der Waals surface area contributed by atoms with Gasteiger partial charge in [0.05, 0.1) is 18.4 Å². The van der Waals surface area contributed by atoms with Crippen molar-refractivity contribution >= 4 is 5.69 Å². The Balaban J connectivity index is 2.09. The smallest absolute Gasteiger partial charge is 0.269 e. The molecule has 110 valence electrons. The van der Waals surface area contributed by atoms with Gasteiger partial charge >= 0.3 is 0 Å². The van der Waals surface area contributed by atoms with Crippen molar-refractivity contribution in [1.29, 1.82) is 0 Å². The third-order valence-corrected chi connectivity index (χ3v) is 3.68. The lowest BCUT2D eigenvalue weighted by molar-refractivity contribution is 0.445. The van der Waals surface area contributed by atoms with E-state index in [2.05, 4.69) is 28.8 Å². The molecule has 1 aliphatic rings. The van der Waals surface area contributed by atoms with E-state index in [0.717, 1.165) is 24.4 Å². The number of rotatable bonds is 5. The van der Waals surface area contributed by atoms with E-state index < -0.39 is 0 Å². The largest absolute Gasteiger partial charge is 0.370 e. The molecular formula is C15H24N4O.